The summed E-state index contributed by atoms with van der Waals surface area (Å²) in [6, 6.07) is 5.71. The number of methoxy groups -OCH3 is 1. The number of esters is 1. The second kappa shape index (κ2) is 7.83. The number of furan rings is 1. The van der Waals surface area contributed by atoms with Crippen molar-refractivity contribution in [1.29, 1.82) is 5.26 Å². The number of carbonyl (C=O) groups excluding carboxylic acids is 4. The maximum absolute atomic E-state index is 12.7. The smallest absolute Gasteiger partial charge is 0.342 e. The van der Waals surface area contributed by atoms with Crippen LogP contribution in [0, 0.1) is 18.3 Å². The quantitative estimate of drug-likeness (QED) is 0.593. The van der Waals surface area contributed by atoms with Gasteiger partial charge in [-0.25, -0.2) is 4.79 Å². The van der Waals surface area contributed by atoms with E-state index in [1.807, 2.05) is 13.0 Å². The molecule has 1 aliphatic rings. The zero-order valence-electron chi connectivity index (χ0n) is 16.9. The summed E-state index contributed by atoms with van der Waals surface area (Å²) in [6.07, 6.45) is 0.607. The topological polar surface area (TPSA) is 130 Å². The standard InChI is InChI=1S/C21H19N3O6/c1-5-10(2)24-19(26)13-7-6-12(8-14(13)20(24)27)17(25)23-18-15(9-22)16(11(3)30-18)21(28)29-4/h6-8,10H,5H2,1-4H3,(H,23,25). The summed E-state index contributed by atoms with van der Waals surface area (Å²) < 4.78 is 10.00. The van der Waals surface area contributed by atoms with E-state index in [1.54, 1.807) is 6.92 Å². The molecule has 2 aromatic rings. The summed E-state index contributed by atoms with van der Waals surface area (Å²) in [7, 11) is 1.17. The highest BCUT2D eigenvalue weighted by molar-refractivity contribution is 6.22. The van der Waals surface area contributed by atoms with Gasteiger partial charge in [0.05, 0.1) is 18.2 Å². The highest BCUT2D eigenvalue weighted by atomic mass is 16.5. The first-order valence-electron chi connectivity index (χ1n) is 9.20. The second-order valence-electron chi connectivity index (χ2n) is 6.79. The van der Waals surface area contributed by atoms with E-state index in [4.69, 9.17) is 4.42 Å². The Bertz CT molecular complexity index is 1120. The van der Waals surface area contributed by atoms with Crippen molar-refractivity contribution < 1.29 is 28.3 Å². The lowest BCUT2D eigenvalue weighted by atomic mass is 10.1. The van der Waals surface area contributed by atoms with E-state index < -0.39 is 23.7 Å². The van der Waals surface area contributed by atoms with Crippen LogP contribution in [0.15, 0.2) is 22.6 Å². The van der Waals surface area contributed by atoms with Crippen molar-refractivity contribution in [3.05, 3.63) is 51.8 Å². The van der Waals surface area contributed by atoms with Gasteiger partial charge in [-0.2, -0.15) is 5.26 Å². The van der Waals surface area contributed by atoms with Crippen LogP contribution in [0.25, 0.3) is 0 Å². The Morgan fingerprint density at radius 3 is 2.53 bits per heavy atom. The molecule has 1 aromatic heterocycles. The first kappa shape index (κ1) is 20.8. The van der Waals surface area contributed by atoms with E-state index in [1.165, 1.54) is 37.1 Å². The number of rotatable bonds is 5. The van der Waals surface area contributed by atoms with Crippen molar-refractivity contribution in [2.75, 3.05) is 12.4 Å². The minimum absolute atomic E-state index is 0.0748. The molecule has 0 radical (unpaired) electrons. The van der Waals surface area contributed by atoms with Crippen LogP contribution in [0.4, 0.5) is 5.88 Å². The first-order chi connectivity index (χ1) is 14.2. The van der Waals surface area contributed by atoms with E-state index in [0.29, 0.717) is 6.42 Å². The van der Waals surface area contributed by atoms with Gasteiger partial charge in [0.2, 0.25) is 5.88 Å². The molecule has 154 valence electrons. The van der Waals surface area contributed by atoms with Crippen molar-refractivity contribution in [3.63, 3.8) is 0 Å². The van der Waals surface area contributed by atoms with Gasteiger partial charge in [-0.15, -0.1) is 0 Å². The summed E-state index contributed by atoms with van der Waals surface area (Å²) in [5.41, 5.74) is 0.228. The maximum atomic E-state index is 12.7. The highest BCUT2D eigenvalue weighted by Crippen LogP contribution is 2.29. The molecular weight excluding hydrogens is 390 g/mol. The zero-order valence-corrected chi connectivity index (χ0v) is 16.9. The minimum atomic E-state index is -0.764. The number of nitriles is 1. The summed E-state index contributed by atoms with van der Waals surface area (Å²) in [6.45, 7) is 5.11. The summed E-state index contributed by atoms with van der Waals surface area (Å²) in [5, 5.41) is 11.8. The number of hydrogen-bond acceptors (Lipinski definition) is 7. The number of nitrogens with zero attached hydrogens (tertiary/aromatic N) is 2. The molecule has 2 heterocycles. The third-order valence-corrected chi connectivity index (χ3v) is 5.02. The molecule has 1 N–H and O–H groups in total. The van der Waals surface area contributed by atoms with E-state index >= 15 is 0 Å². The molecule has 0 saturated heterocycles. The normalized spacial score (nSPS) is 13.6. The zero-order chi connectivity index (χ0) is 22.2. The van der Waals surface area contributed by atoms with Gasteiger partial charge in [-0.3, -0.25) is 24.6 Å². The van der Waals surface area contributed by atoms with Gasteiger partial charge < -0.3 is 9.15 Å². The predicted octanol–water partition coefficient (Wildman–Crippen LogP) is 2.89. The number of anilines is 1. The Hall–Kier alpha value is -3.93. The maximum Gasteiger partial charge on any atom is 0.342 e. The fourth-order valence-corrected chi connectivity index (χ4v) is 3.25. The van der Waals surface area contributed by atoms with Crippen LogP contribution in [-0.4, -0.2) is 41.7 Å². The van der Waals surface area contributed by atoms with E-state index in [2.05, 4.69) is 10.1 Å². The van der Waals surface area contributed by atoms with Gasteiger partial charge in [0.25, 0.3) is 17.7 Å². The van der Waals surface area contributed by atoms with Gasteiger partial charge in [-0.1, -0.05) is 6.92 Å². The Morgan fingerprint density at radius 1 is 1.27 bits per heavy atom. The van der Waals surface area contributed by atoms with Gasteiger partial charge >= 0.3 is 5.97 Å². The fraction of sp³-hybridized carbons (Fsp3) is 0.286. The van der Waals surface area contributed by atoms with Gasteiger partial charge in [0.1, 0.15) is 23.0 Å². The molecule has 0 saturated carbocycles. The number of benzene rings is 1. The summed E-state index contributed by atoms with van der Waals surface area (Å²) in [4.78, 5) is 50.9. The molecule has 3 amide bonds. The second-order valence-corrected chi connectivity index (χ2v) is 6.79. The molecule has 9 heteroatoms. The van der Waals surface area contributed by atoms with Crippen LogP contribution in [0.1, 0.15) is 73.0 Å². The average molecular weight is 409 g/mol. The Kier molecular flexibility index (Phi) is 5.43. The van der Waals surface area contributed by atoms with Crippen molar-refractivity contribution >= 4 is 29.6 Å². The lowest BCUT2D eigenvalue weighted by Gasteiger charge is -2.20. The number of fused-ring (bicyclic) bond motifs is 1. The van der Waals surface area contributed by atoms with Crippen LogP contribution in [0.2, 0.25) is 0 Å². The largest absolute Gasteiger partial charge is 0.465 e. The fourth-order valence-electron chi connectivity index (χ4n) is 3.25. The van der Waals surface area contributed by atoms with E-state index in [-0.39, 0.29) is 45.5 Å². The SMILES string of the molecule is CCC(C)N1C(=O)c2ccc(C(=O)Nc3oc(C)c(C(=O)OC)c3C#N)cc2C1=O. The molecule has 1 aliphatic heterocycles. The molecule has 0 fully saturated rings. The van der Waals surface area contributed by atoms with Crippen LogP contribution < -0.4 is 5.32 Å². The molecule has 3 rings (SSSR count). The Balaban J connectivity index is 1.92. The average Bonchev–Trinajstić information content (AvgIpc) is 3.19. The molecular formula is C21H19N3O6. The van der Waals surface area contributed by atoms with E-state index in [0.717, 1.165) is 0 Å². The molecule has 1 atom stereocenters. The van der Waals surface area contributed by atoms with Crippen LogP contribution in [-0.2, 0) is 4.74 Å². The van der Waals surface area contributed by atoms with Crippen molar-refractivity contribution in [1.82, 2.24) is 4.90 Å². The number of imide groups is 1. The molecule has 30 heavy (non-hydrogen) atoms. The predicted molar refractivity (Wildman–Crippen MR) is 104 cm³/mol. The molecule has 0 aliphatic carbocycles. The van der Waals surface area contributed by atoms with Gasteiger partial charge in [0.15, 0.2) is 0 Å². The third kappa shape index (κ3) is 3.22. The number of nitrogens with one attached hydrogen (secondary N) is 1. The molecule has 1 aromatic carbocycles. The molecule has 9 nitrogen and oxygen atoms in total. The third-order valence-electron chi connectivity index (χ3n) is 5.02. The molecule has 0 spiro atoms. The number of carbonyl (C=O) groups is 4. The van der Waals surface area contributed by atoms with Crippen molar-refractivity contribution in [3.8, 4) is 6.07 Å². The van der Waals surface area contributed by atoms with E-state index in [9.17, 15) is 24.4 Å². The molecule has 1 unspecified atom stereocenters. The first-order valence-corrected chi connectivity index (χ1v) is 9.20. The number of aryl methyl sites for hydroxylation is 1. The number of ether oxygens (including phenoxy) is 1. The van der Waals surface area contributed by atoms with Crippen LogP contribution in [0.3, 0.4) is 0 Å². The number of amides is 3. The summed E-state index contributed by atoms with van der Waals surface area (Å²) >= 11 is 0. The Labute approximate surface area is 172 Å². The van der Waals surface area contributed by atoms with Crippen molar-refractivity contribution in [2.45, 2.75) is 33.2 Å². The summed E-state index contributed by atoms with van der Waals surface area (Å²) in [5.74, 6) is -2.37. The Morgan fingerprint density at radius 2 is 1.93 bits per heavy atom. The molecule has 0 bridgehead atoms. The lowest BCUT2D eigenvalue weighted by molar-refractivity contribution is 0.0583. The lowest BCUT2D eigenvalue weighted by Crippen LogP contribution is -2.37. The number of hydrogen-bond donors (Lipinski definition) is 1. The minimum Gasteiger partial charge on any atom is -0.465 e. The van der Waals surface area contributed by atoms with Gasteiger partial charge in [0, 0.05) is 11.6 Å². The van der Waals surface area contributed by atoms with Crippen LogP contribution in [0.5, 0.6) is 0 Å². The van der Waals surface area contributed by atoms with Crippen molar-refractivity contribution in [2.24, 2.45) is 0 Å². The highest BCUT2D eigenvalue weighted by Gasteiger charge is 2.38. The van der Waals surface area contributed by atoms with Gasteiger partial charge in [-0.05, 0) is 38.5 Å². The van der Waals surface area contributed by atoms with Crippen LogP contribution >= 0.6 is 0 Å². The monoisotopic (exact) mass is 409 g/mol.